The molecule has 1 N–H and O–H groups in total. The molecule has 0 unspecified atom stereocenters. The van der Waals surface area contributed by atoms with Crippen LogP contribution in [0.15, 0.2) is 54.6 Å². The SMILES string of the molecule is O=[N+]([O-])c1cc(N[C@@H]2CCCc3ccc4ccccc4c32)cc([N+](=O)[O-])c1. The molecule has 0 amide bonds. The maximum absolute atomic E-state index is 11.1. The van der Waals surface area contributed by atoms with Crippen LogP contribution in [0.25, 0.3) is 10.8 Å². The molecule has 7 nitrogen and oxygen atoms in total. The molecule has 0 saturated carbocycles. The minimum atomic E-state index is -0.609. The van der Waals surface area contributed by atoms with E-state index in [1.54, 1.807) is 0 Å². The van der Waals surface area contributed by atoms with Crippen molar-refractivity contribution in [3.05, 3.63) is 86.0 Å². The van der Waals surface area contributed by atoms with Crippen molar-refractivity contribution in [2.75, 3.05) is 5.32 Å². The molecule has 0 spiro atoms. The predicted molar refractivity (Wildman–Crippen MR) is 103 cm³/mol. The molecule has 0 fully saturated rings. The van der Waals surface area contributed by atoms with Crippen molar-refractivity contribution in [2.24, 2.45) is 0 Å². The lowest BCUT2D eigenvalue weighted by Crippen LogP contribution is -2.18. The minimum Gasteiger partial charge on any atom is -0.378 e. The summed E-state index contributed by atoms with van der Waals surface area (Å²) in [7, 11) is 0. The summed E-state index contributed by atoms with van der Waals surface area (Å²) >= 11 is 0. The van der Waals surface area contributed by atoms with Crippen LogP contribution in [0.1, 0.15) is 30.0 Å². The molecule has 0 saturated heterocycles. The number of hydrogen-bond donors (Lipinski definition) is 1. The second-order valence-electron chi connectivity index (χ2n) is 6.70. The highest BCUT2D eigenvalue weighted by molar-refractivity contribution is 5.88. The van der Waals surface area contributed by atoms with Crippen LogP contribution in [0.4, 0.5) is 17.1 Å². The van der Waals surface area contributed by atoms with Crippen LogP contribution in [-0.2, 0) is 6.42 Å². The molecule has 7 heteroatoms. The van der Waals surface area contributed by atoms with E-state index in [0.717, 1.165) is 36.1 Å². The van der Waals surface area contributed by atoms with Gasteiger partial charge < -0.3 is 5.32 Å². The number of nitrogens with zero attached hydrogens (tertiary/aromatic N) is 2. The predicted octanol–water partition coefficient (Wildman–Crippen LogP) is 5.15. The van der Waals surface area contributed by atoms with E-state index in [1.165, 1.54) is 23.3 Å². The lowest BCUT2D eigenvalue weighted by molar-refractivity contribution is -0.394. The van der Waals surface area contributed by atoms with Crippen molar-refractivity contribution >= 4 is 27.8 Å². The van der Waals surface area contributed by atoms with Crippen LogP contribution in [0.2, 0.25) is 0 Å². The molecule has 0 bridgehead atoms. The summed E-state index contributed by atoms with van der Waals surface area (Å²) in [5.41, 5.74) is 2.23. The molecular formula is C20H17N3O4. The number of nitrogens with one attached hydrogen (secondary N) is 1. The van der Waals surface area contributed by atoms with Gasteiger partial charge in [0, 0.05) is 17.8 Å². The Bertz CT molecular complexity index is 1030. The van der Waals surface area contributed by atoms with Crippen LogP contribution in [0.5, 0.6) is 0 Å². The third-order valence-corrected chi connectivity index (χ3v) is 5.01. The molecule has 0 aromatic heterocycles. The van der Waals surface area contributed by atoms with Crippen molar-refractivity contribution in [1.29, 1.82) is 0 Å². The zero-order valence-corrected chi connectivity index (χ0v) is 14.4. The summed E-state index contributed by atoms with van der Waals surface area (Å²) in [5, 5.41) is 27.9. The summed E-state index contributed by atoms with van der Waals surface area (Å²) in [4.78, 5) is 21.1. The van der Waals surface area contributed by atoms with Gasteiger partial charge in [-0.2, -0.15) is 0 Å². The van der Waals surface area contributed by atoms with Gasteiger partial charge in [-0.3, -0.25) is 20.2 Å². The zero-order valence-electron chi connectivity index (χ0n) is 14.4. The number of non-ortho nitro benzene ring substituents is 2. The minimum absolute atomic E-state index is 0.0542. The average molecular weight is 363 g/mol. The first-order valence-corrected chi connectivity index (χ1v) is 8.74. The topological polar surface area (TPSA) is 98.3 Å². The van der Waals surface area contributed by atoms with Crippen LogP contribution in [0, 0.1) is 20.2 Å². The Labute approximate surface area is 154 Å². The van der Waals surface area contributed by atoms with Gasteiger partial charge in [0.15, 0.2) is 0 Å². The average Bonchev–Trinajstić information content (AvgIpc) is 2.67. The molecule has 1 atom stereocenters. The fraction of sp³-hybridized carbons (Fsp3) is 0.200. The highest BCUT2D eigenvalue weighted by Crippen LogP contribution is 2.38. The maximum atomic E-state index is 11.1. The summed E-state index contributed by atoms with van der Waals surface area (Å²) in [6.45, 7) is 0. The largest absolute Gasteiger partial charge is 0.378 e. The van der Waals surface area contributed by atoms with Gasteiger partial charge in [0.25, 0.3) is 11.4 Å². The third-order valence-electron chi connectivity index (χ3n) is 5.01. The Morgan fingerprint density at radius 1 is 0.926 bits per heavy atom. The van der Waals surface area contributed by atoms with E-state index in [1.807, 2.05) is 12.1 Å². The van der Waals surface area contributed by atoms with E-state index < -0.39 is 9.85 Å². The number of nitro groups is 2. The normalized spacial score (nSPS) is 15.9. The Balaban J connectivity index is 1.78. The molecule has 0 aliphatic heterocycles. The van der Waals surface area contributed by atoms with Gasteiger partial charge in [-0.25, -0.2) is 0 Å². The number of rotatable bonds is 4. The van der Waals surface area contributed by atoms with E-state index in [0.29, 0.717) is 5.69 Å². The van der Waals surface area contributed by atoms with E-state index in [9.17, 15) is 20.2 Å². The zero-order chi connectivity index (χ0) is 19.0. The Hall–Kier alpha value is -3.48. The number of aryl methyl sites for hydroxylation is 1. The quantitative estimate of drug-likeness (QED) is 0.511. The fourth-order valence-corrected chi connectivity index (χ4v) is 3.85. The Morgan fingerprint density at radius 3 is 2.33 bits per heavy atom. The summed E-state index contributed by atoms with van der Waals surface area (Å²) < 4.78 is 0. The van der Waals surface area contributed by atoms with Gasteiger partial charge in [-0.1, -0.05) is 36.4 Å². The maximum Gasteiger partial charge on any atom is 0.278 e. The second kappa shape index (κ2) is 6.68. The first-order valence-electron chi connectivity index (χ1n) is 8.74. The number of benzene rings is 3. The molecule has 1 aliphatic rings. The van der Waals surface area contributed by atoms with E-state index in [-0.39, 0.29) is 17.4 Å². The highest BCUT2D eigenvalue weighted by atomic mass is 16.6. The van der Waals surface area contributed by atoms with Crippen molar-refractivity contribution in [2.45, 2.75) is 25.3 Å². The van der Waals surface area contributed by atoms with Crippen LogP contribution < -0.4 is 5.32 Å². The monoisotopic (exact) mass is 363 g/mol. The molecular weight excluding hydrogens is 346 g/mol. The number of anilines is 1. The molecule has 4 rings (SSSR count). The molecule has 0 heterocycles. The Morgan fingerprint density at radius 2 is 1.63 bits per heavy atom. The fourth-order valence-electron chi connectivity index (χ4n) is 3.85. The molecule has 0 radical (unpaired) electrons. The van der Waals surface area contributed by atoms with Crippen LogP contribution in [-0.4, -0.2) is 9.85 Å². The van der Waals surface area contributed by atoms with E-state index >= 15 is 0 Å². The molecule has 3 aromatic carbocycles. The Kier molecular flexibility index (Phi) is 4.19. The van der Waals surface area contributed by atoms with E-state index in [2.05, 4.69) is 29.6 Å². The van der Waals surface area contributed by atoms with Crippen molar-refractivity contribution in [3.8, 4) is 0 Å². The lowest BCUT2D eigenvalue weighted by atomic mass is 9.84. The highest BCUT2D eigenvalue weighted by Gasteiger charge is 2.24. The number of hydrogen-bond acceptors (Lipinski definition) is 5. The van der Waals surface area contributed by atoms with Gasteiger partial charge in [0.2, 0.25) is 0 Å². The van der Waals surface area contributed by atoms with Gasteiger partial charge in [-0.15, -0.1) is 0 Å². The first-order chi connectivity index (χ1) is 13.0. The van der Waals surface area contributed by atoms with Gasteiger partial charge >= 0.3 is 0 Å². The van der Waals surface area contributed by atoms with Crippen molar-refractivity contribution < 1.29 is 9.85 Å². The molecule has 136 valence electrons. The summed E-state index contributed by atoms with van der Waals surface area (Å²) in [5.74, 6) is 0. The number of nitro benzene ring substituents is 2. The smallest absolute Gasteiger partial charge is 0.278 e. The van der Waals surface area contributed by atoms with Gasteiger partial charge in [0.1, 0.15) is 0 Å². The summed E-state index contributed by atoms with van der Waals surface area (Å²) in [6.07, 6.45) is 2.82. The summed E-state index contributed by atoms with van der Waals surface area (Å²) in [6, 6.07) is 16.0. The van der Waals surface area contributed by atoms with E-state index in [4.69, 9.17) is 0 Å². The molecule has 3 aromatic rings. The first kappa shape index (κ1) is 17.0. The number of fused-ring (bicyclic) bond motifs is 3. The van der Waals surface area contributed by atoms with Crippen LogP contribution >= 0.6 is 0 Å². The van der Waals surface area contributed by atoms with Crippen molar-refractivity contribution in [1.82, 2.24) is 0 Å². The van der Waals surface area contributed by atoms with Crippen molar-refractivity contribution in [3.63, 3.8) is 0 Å². The third kappa shape index (κ3) is 3.19. The molecule has 1 aliphatic carbocycles. The lowest BCUT2D eigenvalue weighted by Gasteiger charge is -2.28. The van der Waals surface area contributed by atoms with Crippen LogP contribution in [0.3, 0.4) is 0 Å². The van der Waals surface area contributed by atoms with Gasteiger partial charge in [0.05, 0.1) is 22.0 Å². The standard InChI is InChI=1S/C20H17N3O4/c24-22(25)16-10-15(11-17(12-16)23(26)27)21-19-7-3-5-14-9-8-13-4-1-2-6-18(13)20(14)19/h1-2,4,6,8-12,19,21H,3,5,7H2/t19-/m1/s1. The second-order valence-corrected chi connectivity index (χ2v) is 6.70. The molecule has 27 heavy (non-hydrogen) atoms. The van der Waals surface area contributed by atoms with Gasteiger partial charge in [-0.05, 0) is 41.2 Å².